The molecule has 7 nitrogen and oxygen atoms in total. The zero-order valence-corrected chi connectivity index (χ0v) is 24.4. The first-order chi connectivity index (χ1) is 18.5. The molecular weight excluding hydrogens is 517 g/mol. The first-order valence-electron chi connectivity index (χ1n) is 13.9. The predicted molar refractivity (Wildman–Crippen MR) is 153 cm³/mol. The van der Waals surface area contributed by atoms with Gasteiger partial charge in [-0.3, -0.25) is 13.9 Å². The Hall–Kier alpha value is -2.94. The highest BCUT2D eigenvalue weighted by Gasteiger charge is 2.30. The monoisotopic (exact) mass is 559 g/mol. The molecule has 2 amide bonds. The Morgan fingerprint density at radius 1 is 1.05 bits per heavy atom. The second kappa shape index (κ2) is 13.9. The first-order valence-corrected chi connectivity index (χ1v) is 15.7. The maximum atomic E-state index is 13.6. The van der Waals surface area contributed by atoms with Gasteiger partial charge >= 0.3 is 0 Å². The van der Waals surface area contributed by atoms with E-state index in [1.54, 1.807) is 17.0 Å². The SMILES string of the molecule is CCC(C(=O)NC1CCCCC1)N(Cc1ccc(F)cc1)C(=O)CCCN(c1cc(C)ccc1C)S(C)(=O)=O. The number of rotatable bonds is 12. The average molecular weight is 560 g/mol. The van der Waals surface area contributed by atoms with Crippen molar-refractivity contribution in [2.24, 2.45) is 0 Å². The van der Waals surface area contributed by atoms with Gasteiger partial charge in [-0.1, -0.05) is 50.5 Å². The standard InChI is InChI=1S/C30H42FN3O4S/c1-5-27(30(36)32-26-10-7-6-8-11-26)33(21-24-15-17-25(31)18-16-24)29(35)12-9-19-34(39(4,37)38)28-20-22(2)13-14-23(28)3/h13-18,20,26-27H,5-12,19,21H2,1-4H3,(H,32,36). The van der Waals surface area contributed by atoms with Crippen LogP contribution in [0.4, 0.5) is 10.1 Å². The maximum absolute atomic E-state index is 13.6. The van der Waals surface area contributed by atoms with Crippen LogP contribution >= 0.6 is 0 Å². The molecular formula is C30H42FN3O4S. The van der Waals surface area contributed by atoms with Gasteiger partial charge in [-0.2, -0.15) is 0 Å². The second-order valence-corrected chi connectivity index (χ2v) is 12.6. The van der Waals surface area contributed by atoms with Crippen LogP contribution in [0.3, 0.4) is 0 Å². The number of carbonyl (C=O) groups excluding carboxylic acids is 2. The molecule has 1 aliphatic rings. The molecule has 0 aliphatic heterocycles. The summed E-state index contributed by atoms with van der Waals surface area (Å²) in [5.41, 5.74) is 3.11. The number of hydrogen-bond donors (Lipinski definition) is 1. The van der Waals surface area contributed by atoms with Crippen LogP contribution in [0.15, 0.2) is 42.5 Å². The molecule has 0 saturated heterocycles. The molecule has 214 valence electrons. The van der Waals surface area contributed by atoms with Crippen LogP contribution in [0.2, 0.25) is 0 Å². The van der Waals surface area contributed by atoms with Crippen molar-refractivity contribution in [3.63, 3.8) is 0 Å². The lowest BCUT2D eigenvalue weighted by Crippen LogP contribution is -2.51. The molecule has 1 fully saturated rings. The third kappa shape index (κ3) is 8.78. The number of anilines is 1. The van der Waals surface area contributed by atoms with Crippen molar-refractivity contribution in [3.05, 3.63) is 65.0 Å². The Kier molecular flexibility index (Phi) is 10.9. The summed E-state index contributed by atoms with van der Waals surface area (Å²) in [6.45, 7) is 5.96. The van der Waals surface area contributed by atoms with E-state index in [0.29, 0.717) is 18.5 Å². The molecule has 0 radical (unpaired) electrons. The van der Waals surface area contributed by atoms with Gasteiger partial charge in [-0.15, -0.1) is 0 Å². The minimum absolute atomic E-state index is 0.0747. The molecule has 0 bridgehead atoms. The number of sulfonamides is 1. The fraction of sp³-hybridized carbons (Fsp3) is 0.533. The van der Waals surface area contributed by atoms with Crippen molar-refractivity contribution in [1.29, 1.82) is 0 Å². The smallest absolute Gasteiger partial charge is 0.243 e. The summed E-state index contributed by atoms with van der Waals surface area (Å²) in [7, 11) is -3.57. The van der Waals surface area contributed by atoms with Crippen LogP contribution in [-0.2, 0) is 26.2 Å². The lowest BCUT2D eigenvalue weighted by molar-refractivity contribution is -0.141. The van der Waals surface area contributed by atoms with E-state index in [2.05, 4.69) is 5.32 Å². The summed E-state index contributed by atoms with van der Waals surface area (Å²) >= 11 is 0. The van der Waals surface area contributed by atoms with E-state index in [4.69, 9.17) is 0 Å². The lowest BCUT2D eigenvalue weighted by atomic mass is 9.95. The van der Waals surface area contributed by atoms with E-state index in [0.717, 1.165) is 42.4 Å². The molecule has 1 N–H and O–H groups in total. The fourth-order valence-corrected chi connectivity index (χ4v) is 6.24. The van der Waals surface area contributed by atoms with E-state index in [1.165, 1.54) is 29.1 Å². The van der Waals surface area contributed by atoms with Gasteiger partial charge in [0, 0.05) is 25.6 Å². The molecule has 1 aliphatic carbocycles. The van der Waals surface area contributed by atoms with Crippen molar-refractivity contribution in [2.75, 3.05) is 17.1 Å². The predicted octanol–water partition coefficient (Wildman–Crippen LogP) is 5.25. The molecule has 9 heteroatoms. The van der Waals surface area contributed by atoms with Crippen molar-refractivity contribution in [2.45, 2.75) is 90.8 Å². The van der Waals surface area contributed by atoms with E-state index in [1.807, 2.05) is 39.0 Å². The number of amides is 2. The molecule has 1 atom stereocenters. The second-order valence-electron chi connectivity index (χ2n) is 10.6. The van der Waals surface area contributed by atoms with Gasteiger partial charge in [-0.25, -0.2) is 12.8 Å². The maximum Gasteiger partial charge on any atom is 0.243 e. The summed E-state index contributed by atoms with van der Waals surface area (Å²) < 4.78 is 40.2. The van der Waals surface area contributed by atoms with Crippen LogP contribution < -0.4 is 9.62 Å². The molecule has 0 aromatic heterocycles. The molecule has 1 saturated carbocycles. The Balaban J connectivity index is 1.77. The van der Waals surface area contributed by atoms with Crippen LogP contribution in [0.1, 0.15) is 75.0 Å². The van der Waals surface area contributed by atoms with Crippen LogP contribution in [-0.4, -0.2) is 50.0 Å². The summed E-state index contributed by atoms with van der Waals surface area (Å²) in [5, 5.41) is 3.15. The number of halogens is 1. The van der Waals surface area contributed by atoms with Crippen molar-refractivity contribution >= 4 is 27.5 Å². The molecule has 2 aromatic rings. The molecule has 2 aromatic carbocycles. The molecule has 39 heavy (non-hydrogen) atoms. The third-order valence-electron chi connectivity index (χ3n) is 7.39. The minimum atomic E-state index is -3.57. The third-order valence-corrected chi connectivity index (χ3v) is 8.57. The van der Waals surface area contributed by atoms with Gasteiger partial charge in [0.2, 0.25) is 21.8 Å². The Labute approximate surface area is 232 Å². The fourth-order valence-electron chi connectivity index (χ4n) is 5.22. The van der Waals surface area contributed by atoms with Gasteiger partial charge in [-0.05, 0) is 74.4 Å². The average Bonchev–Trinajstić information content (AvgIpc) is 2.89. The Morgan fingerprint density at radius 2 is 1.72 bits per heavy atom. The molecule has 3 rings (SSSR count). The lowest BCUT2D eigenvalue weighted by Gasteiger charge is -2.33. The zero-order valence-electron chi connectivity index (χ0n) is 23.6. The number of nitrogens with zero attached hydrogens (tertiary/aromatic N) is 2. The van der Waals surface area contributed by atoms with E-state index in [-0.39, 0.29) is 43.2 Å². The highest BCUT2D eigenvalue weighted by atomic mass is 32.2. The number of aryl methyl sites for hydroxylation is 2. The largest absolute Gasteiger partial charge is 0.352 e. The van der Waals surface area contributed by atoms with Crippen LogP contribution in [0, 0.1) is 19.7 Å². The van der Waals surface area contributed by atoms with Crippen molar-refractivity contribution in [1.82, 2.24) is 10.2 Å². The van der Waals surface area contributed by atoms with E-state index < -0.39 is 16.1 Å². The number of nitrogens with one attached hydrogen (secondary N) is 1. The van der Waals surface area contributed by atoms with Gasteiger partial charge in [0.05, 0.1) is 11.9 Å². The van der Waals surface area contributed by atoms with Gasteiger partial charge < -0.3 is 10.2 Å². The van der Waals surface area contributed by atoms with Crippen molar-refractivity contribution < 1.29 is 22.4 Å². The van der Waals surface area contributed by atoms with Gasteiger partial charge in [0.1, 0.15) is 11.9 Å². The summed E-state index contributed by atoms with van der Waals surface area (Å²) in [6.07, 6.45) is 7.18. The summed E-state index contributed by atoms with van der Waals surface area (Å²) in [6, 6.07) is 11.0. The quantitative estimate of drug-likeness (QED) is 0.385. The van der Waals surface area contributed by atoms with Crippen molar-refractivity contribution in [3.8, 4) is 0 Å². The normalized spacial score (nSPS) is 15.0. The Morgan fingerprint density at radius 3 is 2.33 bits per heavy atom. The van der Waals surface area contributed by atoms with E-state index >= 15 is 0 Å². The summed E-state index contributed by atoms with van der Waals surface area (Å²) in [5.74, 6) is -0.779. The Bertz CT molecular complexity index is 1230. The first kappa shape index (κ1) is 30.6. The van der Waals surface area contributed by atoms with Crippen LogP contribution in [0.25, 0.3) is 0 Å². The highest BCUT2D eigenvalue weighted by molar-refractivity contribution is 7.92. The zero-order chi connectivity index (χ0) is 28.6. The van der Waals surface area contributed by atoms with Gasteiger partial charge in [0.15, 0.2) is 0 Å². The molecule has 0 heterocycles. The summed E-state index contributed by atoms with van der Waals surface area (Å²) in [4.78, 5) is 28.5. The van der Waals surface area contributed by atoms with Crippen LogP contribution in [0.5, 0.6) is 0 Å². The molecule has 1 unspecified atom stereocenters. The topological polar surface area (TPSA) is 86.8 Å². The van der Waals surface area contributed by atoms with Gasteiger partial charge in [0.25, 0.3) is 0 Å². The highest BCUT2D eigenvalue weighted by Crippen LogP contribution is 2.25. The number of benzene rings is 2. The number of carbonyl (C=O) groups is 2. The van der Waals surface area contributed by atoms with E-state index in [9.17, 15) is 22.4 Å². The number of hydrogen-bond acceptors (Lipinski definition) is 4. The minimum Gasteiger partial charge on any atom is -0.352 e. The molecule has 0 spiro atoms.